The molecule has 122 valence electrons. The van der Waals surface area contributed by atoms with E-state index in [-0.39, 0.29) is 11.3 Å². The third-order valence-electron chi connectivity index (χ3n) is 5.56. The van der Waals surface area contributed by atoms with Gasteiger partial charge in [0.15, 0.2) is 0 Å². The molecular weight excluding hydrogens is 262 g/mol. The first-order valence-electron chi connectivity index (χ1n) is 8.76. The van der Waals surface area contributed by atoms with Gasteiger partial charge < -0.3 is 15.5 Å². The molecule has 0 spiro atoms. The van der Waals surface area contributed by atoms with E-state index in [1.54, 1.807) is 0 Å². The number of carbonyl (C=O) groups excluding carboxylic acids is 1. The predicted octanol–water partition coefficient (Wildman–Crippen LogP) is 1.86. The van der Waals surface area contributed by atoms with E-state index < -0.39 is 0 Å². The predicted molar refractivity (Wildman–Crippen MR) is 87.2 cm³/mol. The number of hydrogen-bond acceptors (Lipinski definition) is 3. The summed E-state index contributed by atoms with van der Waals surface area (Å²) in [5, 5.41) is 6.54. The fourth-order valence-electron chi connectivity index (χ4n) is 3.63. The molecule has 2 rings (SSSR count). The smallest absolute Gasteiger partial charge is 0.227 e. The van der Waals surface area contributed by atoms with Crippen LogP contribution in [0, 0.1) is 17.3 Å². The summed E-state index contributed by atoms with van der Waals surface area (Å²) in [6.45, 7) is 12.9. The number of hydrogen-bond donors (Lipinski definition) is 2. The van der Waals surface area contributed by atoms with Gasteiger partial charge in [-0.2, -0.15) is 0 Å². The molecule has 0 bridgehead atoms. The van der Waals surface area contributed by atoms with Crippen molar-refractivity contribution in [2.24, 2.45) is 17.3 Å². The monoisotopic (exact) mass is 295 g/mol. The molecule has 2 heterocycles. The highest BCUT2D eigenvalue weighted by molar-refractivity contribution is 5.83. The summed E-state index contributed by atoms with van der Waals surface area (Å²) in [5.74, 6) is 1.55. The average Bonchev–Trinajstić information content (AvgIpc) is 2.96. The molecule has 0 aliphatic carbocycles. The van der Waals surface area contributed by atoms with E-state index in [1.165, 1.54) is 25.9 Å². The van der Waals surface area contributed by atoms with Crippen molar-refractivity contribution in [1.29, 1.82) is 0 Å². The number of carbonyl (C=O) groups is 1. The molecule has 0 aromatic heterocycles. The Labute approximate surface area is 130 Å². The molecule has 2 aliphatic heterocycles. The summed E-state index contributed by atoms with van der Waals surface area (Å²) in [6, 6.07) is 0. The van der Waals surface area contributed by atoms with Crippen molar-refractivity contribution in [3.8, 4) is 0 Å². The van der Waals surface area contributed by atoms with Gasteiger partial charge >= 0.3 is 0 Å². The SMILES string of the molecule is CC1CCN(CCCNC(=O)C2(C(C)C)CCNC2)CC1. The van der Waals surface area contributed by atoms with Crippen molar-refractivity contribution in [1.82, 2.24) is 15.5 Å². The Morgan fingerprint density at radius 1 is 1.38 bits per heavy atom. The minimum Gasteiger partial charge on any atom is -0.356 e. The molecule has 1 atom stereocenters. The number of rotatable bonds is 6. The second-order valence-electron chi connectivity index (χ2n) is 7.37. The normalized spacial score (nSPS) is 28.2. The molecule has 4 heteroatoms. The molecule has 2 fully saturated rings. The van der Waals surface area contributed by atoms with Crippen LogP contribution in [0.4, 0.5) is 0 Å². The van der Waals surface area contributed by atoms with Gasteiger partial charge in [-0.1, -0.05) is 20.8 Å². The fourth-order valence-corrected chi connectivity index (χ4v) is 3.63. The third-order valence-corrected chi connectivity index (χ3v) is 5.56. The van der Waals surface area contributed by atoms with Gasteiger partial charge in [-0.15, -0.1) is 0 Å². The molecule has 21 heavy (non-hydrogen) atoms. The van der Waals surface area contributed by atoms with Crippen molar-refractivity contribution < 1.29 is 4.79 Å². The molecule has 1 amide bonds. The van der Waals surface area contributed by atoms with Crippen LogP contribution in [0.1, 0.15) is 46.5 Å². The molecule has 0 saturated carbocycles. The van der Waals surface area contributed by atoms with Gasteiger partial charge in [0.2, 0.25) is 5.91 Å². The molecule has 2 saturated heterocycles. The average molecular weight is 295 g/mol. The summed E-state index contributed by atoms with van der Waals surface area (Å²) in [7, 11) is 0. The minimum absolute atomic E-state index is 0.180. The lowest BCUT2D eigenvalue weighted by molar-refractivity contribution is -0.132. The quantitative estimate of drug-likeness (QED) is 0.735. The Bertz CT molecular complexity index is 329. The van der Waals surface area contributed by atoms with Crippen LogP contribution in [-0.2, 0) is 4.79 Å². The highest BCUT2D eigenvalue weighted by Gasteiger charge is 2.43. The number of amides is 1. The lowest BCUT2D eigenvalue weighted by Gasteiger charge is -2.32. The fraction of sp³-hybridized carbons (Fsp3) is 0.941. The highest BCUT2D eigenvalue weighted by Crippen LogP contribution is 2.34. The van der Waals surface area contributed by atoms with E-state index in [4.69, 9.17) is 0 Å². The first-order chi connectivity index (χ1) is 10.0. The Hall–Kier alpha value is -0.610. The third kappa shape index (κ3) is 4.19. The van der Waals surface area contributed by atoms with Crippen LogP contribution in [0.2, 0.25) is 0 Å². The summed E-state index contributed by atoms with van der Waals surface area (Å²) in [6.07, 6.45) is 4.70. The summed E-state index contributed by atoms with van der Waals surface area (Å²) < 4.78 is 0. The second kappa shape index (κ2) is 7.59. The summed E-state index contributed by atoms with van der Waals surface area (Å²) in [5.41, 5.74) is -0.180. The van der Waals surface area contributed by atoms with E-state index in [2.05, 4.69) is 36.3 Å². The van der Waals surface area contributed by atoms with Gasteiger partial charge in [-0.05, 0) is 63.7 Å². The van der Waals surface area contributed by atoms with Gasteiger partial charge in [0.05, 0.1) is 5.41 Å². The zero-order valence-electron chi connectivity index (χ0n) is 14.1. The van der Waals surface area contributed by atoms with Crippen LogP contribution in [0.5, 0.6) is 0 Å². The number of nitrogens with one attached hydrogen (secondary N) is 2. The molecule has 1 unspecified atom stereocenters. The summed E-state index contributed by atoms with van der Waals surface area (Å²) in [4.78, 5) is 15.1. The van der Waals surface area contributed by atoms with Crippen molar-refractivity contribution in [3.63, 3.8) is 0 Å². The Balaban J connectivity index is 1.67. The van der Waals surface area contributed by atoms with Crippen molar-refractivity contribution in [2.45, 2.75) is 46.5 Å². The van der Waals surface area contributed by atoms with Crippen molar-refractivity contribution >= 4 is 5.91 Å². The lowest BCUT2D eigenvalue weighted by Crippen LogP contribution is -2.46. The zero-order valence-corrected chi connectivity index (χ0v) is 14.1. The highest BCUT2D eigenvalue weighted by atomic mass is 16.2. The Morgan fingerprint density at radius 3 is 2.67 bits per heavy atom. The largest absolute Gasteiger partial charge is 0.356 e. The second-order valence-corrected chi connectivity index (χ2v) is 7.37. The van der Waals surface area contributed by atoms with Crippen LogP contribution in [0.3, 0.4) is 0 Å². The molecule has 0 aromatic rings. The van der Waals surface area contributed by atoms with Gasteiger partial charge in [-0.25, -0.2) is 0 Å². The maximum Gasteiger partial charge on any atom is 0.227 e. The maximum absolute atomic E-state index is 12.5. The van der Waals surface area contributed by atoms with E-state index in [0.717, 1.165) is 44.9 Å². The van der Waals surface area contributed by atoms with Gasteiger partial charge in [0, 0.05) is 13.1 Å². The van der Waals surface area contributed by atoms with Crippen molar-refractivity contribution in [3.05, 3.63) is 0 Å². The molecule has 4 nitrogen and oxygen atoms in total. The van der Waals surface area contributed by atoms with Gasteiger partial charge in [0.1, 0.15) is 0 Å². The number of nitrogens with zero attached hydrogens (tertiary/aromatic N) is 1. The van der Waals surface area contributed by atoms with Crippen LogP contribution < -0.4 is 10.6 Å². The topological polar surface area (TPSA) is 44.4 Å². The van der Waals surface area contributed by atoms with E-state index in [0.29, 0.717) is 5.92 Å². The van der Waals surface area contributed by atoms with Gasteiger partial charge in [0.25, 0.3) is 0 Å². The van der Waals surface area contributed by atoms with E-state index in [9.17, 15) is 4.79 Å². The molecule has 0 aromatic carbocycles. The zero-order chi connectivity index (χ0) is 15.3. The molecular formula is C17H33N3O. The minimum atomic E-state index is -0.180. The van der Waals surface area contributed by atoms with Gasteiger partial charge in [-0.3, -0.25) is 4.79 Å². The first-order valence-corrected chi connectivity index (χ1v) is 8.76. The number of piperidine rings is 1. The summed E-state index contributed by atoms with van der Waals surface area (Å²) >= 11 is 0. The Kier molecular flexibility index (Phi) is 6.06. The van der Waals surface area contributed by atoms with Crippen LogP contribution in [0.25, 0.3) is 0 Å². The lowest BCUT2D eigenvalue weighted by atomic mass is 9.75. The van der Waals surface area contributed by atoms with Crippen LogP contribution >= 0.6 is 0 Å². The first kappa shape index (κ1) is 16.8. The Morgan fingerprint density at radius 2 is 2.10 bits per heavy atom. The van der Waals surface area contributed by atoms with E-state index in [1.807, 2.05) is 0 Å². The maximum atomic E-state index is 12.5. The van der Waals surface area contributed by atoms with Crippen LogP contribution in [-0.4, -0.2) is 50.1 Å². The standard InChI is InChI=1S/C17H33N3O/c1-14(2)17(7-9-18-13-17)16(21)19-8-4-10-20-11-5-15(3)6-12-20/h14-15,18H,4-13H2,1-3H3,(H,19,21). The van der Waals surface area contributed by atoms with Crippen LogP contribution in [0.15, 0.2) is 0 Å². The number of likely N-dealkylation sites (tertiary alicyclic amines) is 1. The molecule has 0 radical (unpaired) electrons. The van der Waals surface area contributed by atoms with E-state index >= 15 is 0 Å². The van der Waals surface area contributed by atoms with Crippen molar-refractivity contribution in [2.75, 3.05) is 39.3 Å². The molecule has 2 N–H and O–H groups in total. The molecule has 2 aliphatic rings.